The van der Waals surface area contributed by atoms with E-state index in [1.54, 1.807) is 18.6 Å². The molecule has 0 atom stereocenters. The maximum Gasteiger partial charge on any atom is 0.155 e. The van der Waals surface area contributed by atoms with Crippen LogP contribution >= 0.6 is 0 Å². The normalized spacial score (nSPS) is 14.8. The van der Waals surface area contributed by atoms with Gasteiger partial charge >= 0.3 is 0 Å². The molecule has 1 fully saturated rings. The number of aromatic nitrogens is 6. The third-order valence-corrected chi connectivity index (χ3v) is 6.21. The molecule has 0 saturated carbocycles. The van der Waals surface area contributed by atoms with E-state index >= 15 is 0 Å². The van der Waals surface area contributed by atoms with Crippen molar-refractivity contribution in [2.45, 2.75) is 20.0 Å². The number of hydrogen-bond donors (Lipinski definition) is 0. The summed E-state index contributed by atoms with van der Waals surface area (Å²) in [6.45, 7) is 7.69. The molecule has 32 heavy (non-hydrogen) atoms. The fraction of sp³-hybridized carbons (Fsp3) is 0.333. The summed E-state index contributed by atoms with van der Waals surface area (Å²) in [5.41, 5.74) is 5.78. The number of aryl methyl sites for hydroxylation is 1. The van der Waals surface area contributed by atoms with Crippen LogP contribution in [0.2, 0.25) is 0 Å². The van der Waals surface area contributed by atoms with Crippen molar-refractivity contribution in [2.75, 3.05) is 31.1 Å². The number of anilines is 1. The van der Waals surface area contributed by atoms with Gasteiger partial charge in [0, 0.05) is 81.4 Å². The summed E-state index contributed by atoms with van der Waals surface area (Å²) >= 11 is 0. The second-order valence-electron chi connectivity index (χ2n) is 8.27. The average Bonchev–Trinajstić information content (AvgIpc) is 3.46. The summed E-state index contributed by atoms with van der Waals surface area (Å²) in [6, 6.07) is 10.5. The predicted octanol–water partition coefficient (Wildman–Crippen LogP) is 2.75. The maximum atomic E-state index is 4.71. The zero-order valence-corrected chi connectivity index (χ0v) is 18.6. The average molecular weight is 429 g/mol. The third kappa shape index (κ3) is 4.27. The van der Waals surface area contributed by atoms with Crippen molar-refractivity contribution in [3.05, 3.63) is 78.1 Å². The van der Waals surface area contributed by atoms with Crippen LogP contribution in [-0.2, 0) is 20.1 Å². The van der Waals surface area contributed by atoms with E-state index in [1.807, 2.05) is 34.9 Å². The van der Waals surface area contributed by atoms with Gasteiger partial charge in [-0.3, -0.25) is 19.2 Å². The summed E-state index contributed by atoms with van der Waals surface area (Å²) in [6.07, 6.45) is 9.33. The molecule has 0 N–H and O–H groups in total. The minimum Gasteiger partial charge on any atom is -0.352 e. The Balaban J connectivity index is 1.27. The van der Waals surface area contributed by atoms with Gasteiger partial charge in [0.1, 0.15) is 5.69 Å². The van der Waals surface area contributed by atoms with Gasteiger partial charge in [0.2, 0.25) is 0 Å². The molecule has 1 aliphatic heterocycles. The Bertz CT molecular complexity index is 1160. The van der Waals surface area contributed by atoms with E-state index in [4.69, 9.17) is 4.98 Å². The molecule has 1 aromatic carbocycles. The first-order chi connectivity index (χ1) is 15.7. The van der Waals surface area contributed by atoms with Gasteiger partial charge in [-0.2, -0.15) is 10.2 Å². The molecule has 0 spiro atoms. The number of hydrogen-bond acceptors (Lipinski definition) is 6. The van der Waals surface area contributed by atoms with E-state index < -0.39 is 0 Å². The molecule has 164 valence electrons. The second-order valence-corrected chi connectivity index (χ2v) is 8.27. The molecule has 0 bridgehead atoms. The molecule has 4 heterocycles. The zero-order chi connectivity index (χ0) is 21.9. The van der Waals surface area contributed by atoms with Crippen LogP contribution in [0.15, 0.2) is 61.3 Å². The number of piperazine rings is 1. The van der Waals surface area contributed by atoms with Crippen molar-refractivity contribution in [1.82, 2.24) is 34.4 Å². The molecular formula is C24H28N8. The van der Waals surface area contributed by atoms with Crippen molar-refractivity contribution in [3.63, 3.8) is 0 Å². The monoisotopic (exact) mass is 428 g/mol. The van der Waals surface area contributed by atoms with Crippen LogP contribution in [-0.4, -0.2) is 60.6 Å². The number of benzene rings is 1. The number of rotatable bonds is 6. The highest BCUT2D eigenvalue weighted by Crippen LogP contribution is 2.28. The van der Waals surface area contributed by atoms with Gasteiger partial charge in [-0.15, -0.1) is 0 Å². The minimum absolute atomic E-state index is 0.763. The number of nitrogens with zero attached hydrogens (tertiary/aromatic N) is 8. The van der Waals surface area contributed by atoms with Crippen LogP contribution in [0.4, 0.5) is 5.82 Å². The highest BCUT2D eigenvalue weighted by molar-refractivity contribution is 5.72. The quantitative estimate of drug-likeness (QED) is 0.470. The Labute approximate surface area is 188 Å². The summed E-state index contributed by atoms with van der Waals surface area (Å²) in [5.74, 6) is 0.963. The Hall–Kier alpha value is -3.52. The predicted molar refractivity (Wildman–Crippen MR) is 124 cm³/mol. The highest BCUT2D eigenvalue weighted by atomic mass is 15.3. The van der Waals surface area contributed by atoms with E-state index in [0.717, 1.165) is 56.3 Å². The van der Waals surface area contributed by atoms with E-state index in [0.29, 0.717) is 0 Å². The van der Waals surface area contributed by atoms with Crippen LogP contribution in [0.25, 0.3) is 11.3 Å². The molecule has 8 nitrogen and oxygen atoms in total. The zero-order valence-electron chi connectivity index (χ0n) is 18.6. The van der Waals surface area contributed by atoms with E-state index in [2.05, 4.69) is 56.2 Å². The molecular weight excluding hydrogens is 400 g/mol. The molecule has 8 heteroatoms. The van der Waals surface area contributed by atoms with E-state index in [1.165, 1.54) is 16.8 Å². The molecule has 1 saturated heterocycles. The fourth-order valence-corrected chi connectivity index (χ4v) is 4.17. The van der Waals surface area contributed by atoms with Gasteiger partial charge < -0.3 is 4.90 Å². The summed E-state index contributed by atoms with van der Waals surface area (Å²) in [4.78, 5) is 14.2. The lowest BCUT2D eigenvalue weighted by Gasteiger charge is -2.35. The van der Waals surface area contributed by atoms with Crippen LogP contribution in [0, 0.1) is 6.92 Å². The van der Waals surface area contributed by atoms with Crippen LogP contribution in [0.5, 0.6) is 0 Å². The molecule has 1 aliphatic rings. The van der Waals surface area contributed by atoms with Crippen molar-refractivity contribution >= 4 is 5.82 Å². The topological polar surface area (TPSA) is 67.9 Å². The lowest BCUT2D eigenvalue weighted by Crippen LogP contribution is -2.46. The third-order valence-electron chi connectivity index (χ3n) is 6.21. The Morgan fingerprint density at radius 1 is 0.875 bits per heavy atom. The van der Waals surface area contributed by atoms with Gasteiger partial charge in [0.05, 0.1) is 12.7 Å². The molecule has 0 aliphatic carbocycles. The lowest BCUT2D eigenvalue weighted by atomic mass is 10.1. The smallest absolute Gasteiger partial charge is 0.155 e. The van der Waals surface area contributed by atoms with E-state index in [-0.39, 0.29) is 0 Å². The van der Waals surface area contributed by atoms with Crippen molar-refractivity contribution in [3.8, 4) is 11.3 Å². The highest BCUT2D eigenvalue weighted by Gasteiger charge is 2.22. The van der Waals surface area contributed by atoms with Gasteiger partial charge in [-0.05, 0) is 18.6 Å². The van der Waals surface area contributed by atoms with Crippen molar-refractivity contribution in [1.29, 1.82) is 0 Å². The van der Waals surface area contributed by atoms with Gasteiger partial charge in [-0.25, -0.2) is 4.98 Å². The van der Waals surface area contributed by atoms with Gasteiger partial charge in [0.25, 0.3) is 0 Å². The summed E-state index contributed by atoms with van der Waals surface area (Å²) < 4.78 is 3.87. The molecule has 5 rings (SSSR count). The van der Waals surface area contributed by atoms with E-state index in [9.17, 15) is 0 Å². The minimum atomic E-state index is 0.763. The first kappa shape index (κ1) is 20.4. The van der Waals surface area contributed by atoms with Crippen molar-refractivity contribution < 1.29 is 0 Å². The molecule has 0 amide bonds. The largest absolute Gasteiger partial charge is 0.352 e. The standard InChI is InChI=1S/C24H28N8/c1-19-22(16-28-29(19)2)18-30-12-14-31(15-13-30)24-23(25-9-10-26-24)21-6-4-20(5-7-21)17-32-11-3-8-27-32/h3-11,16H,12-15,17-18H2,1-2H3. The Morgan fingerprint density at radius 3 is 2.34 bits per heavy atom. The summed E-state index contributed by atoms with van der Waals surface area (Å²) in [5, 5.41) is 8.66. The lowest BCUT2D eigenvalue weighted by molar-refractivity contribution is 0.249. The van der Waals surface area contributed by atoms with Crippen molar-refractivity contribution in [2.24, 2.45) is 7.05 Å². The molecule has 0 unspecified atom stereocenters. The van der Waals surface area contributed by atoms with Gasteiger partial charge in [0.15, 0.2) is 5.82 Å². The SMILES string of the molecule is Cc1c(CN2CCN(c3nccnc3-c3ccc(Cn4cccn4)cc3)CC2)cnn1C. The van der Waals surface area contributed by atoms with Gasteiger partial charge in [-0.1, -0.05) is 24.3 Å². The Kier molecular flexibility index (Phi) is 5.68. The molecule has 4 aromatic rings. The maximum absolute atomic E-state index is 4.71. The first-order valence-corrected chi connectivity index (χ1v) is 11.0. The fourth-order valence-electron chi connectivity index (χ4n) is 4.17. The second kappa shape index (κ2) is 8.92. The van der Waals surface area contributed by atoms with Crippen LogP contribution in [0.3, 0.4) is 0 Å². The molecule has 0 radical (unpaired) electrons. The first-order valence-electron chi connectivity index (χ1n) is 11.0. The van der Waals surface area contributed by atoms with Crippen LogP contribution in [0.1, 0.15) is 16.8 Å². The molecule has 3 aromatic heterocycles. The summed E-state index contributed by atoms with van der Waals surface area (Å²) in [7, 11) is 2.00. The Morgan fingerprint density at radius 2 is 1.66 bits per heavy atom. The van der Waals surface area contributed by atoms with Crippen LogP contribution < -0.4 is 4.90 Å².